The van der Waals surface area contributed by atoms with E-state index in [4.69, 9.17) is 40.2 Å². The van der Waals surface area contributed by atoms with Crippen molar-refractivity contribution in [3.8, 4) is 5.75 Å². The molecule has 122 valence electrons. The lowest BCUT2D eigenvalue weighted by molar-refractivity contribution is 0.0975. The predicted molar refractivity (Wildman–Crippen MR) is 90.2 cm³/mol. The van der Waals surface area contributed by atoms with Gasteiger partial charge in [-0.05, 0) is 36.5 Å². The van der Waals surface area contributed by atoms with E-state index in [1.54, 1.807) is 0 Å². The molecule has 1 amide bonds. The molecule has 1 aromatic heterocycles. The summed E-state index contributed by atoms with van der Waals surface area (Å²) in [6.45, 7) is 2.42. The molecule has 8 nitrogen and oxygen atoms in total. The van der Waals surface area contributed by atoms with Gasteiger partial charge in [-0.3, -0.25) is 15.4 Å². The van der Waals surface area contributed by atoms with Crippen molar-refractivity contribution in [1.29, 1.82) is 0 Å². The molecule has 1 aromatic carbocycles. The molecule has 0 atom stereocenters. The first-order valence-corrected chi connectivity index (χ1v) is 7.54. The lowest BCUT2D eigenvalue weighted by Gasteiger charge is -2.11. The van der Waals surface area contributed by atoms with Gasteiger partial charge in [-0.25, -0.2) is 0 Å². The lowest BCUT2D eigenvalue weighted by atomic mass is 10.2. The molecule has 0 fully saturated rings. The fraction of sp³-hybridized carbons (Fsp3) is 0.250. The smallest absolute Gasteiger partial charge is 0.269 e. The number of methoxy groups -OCH3 is 1. The normalized spacial score (nSPS) is 10.3. The van der Waals surface area contributed by atoms with Crippen LogP contribution in [-0.2, 0) is 6.54 Å². The number of ether oxygens (including phenoxy) is 1. The molecular formula is C12H12Cl2N6O2S. The van der Waals surface area contributed by atoms with Gasteiger partial charge in [0.1, 0.15) is 5.75 Å². The monoisotopic (exact) mass is 374 g/mol. The van der Waals surface area contributed by atoms with Crippen molar-refractivity contribution < 1.29 is 9.53 Å². The van der Waals surface area contributed by atoms with E-state index in [0.29, 0.717) is 11.6 Å². The second-order valence-electron chi connectivity index (χ2n) is 4.18. The number of nitrogens with one attached hydrogen (secondary N) is 2. The van der Waals surface area contributed by atoms with Crippen LogP contribution in [0.3, 0.4) is 0 Å². The molecule has 2 rings (SSSR count). The van der Waals surface area contributed by atoms with Crippen LogP contribution in [-0.4, -0.2) is 38.3 Å². The zero-order valence-corrected chi connectivity index (χ0v) is 14.5. The number of amides is 1. The first kappa shape index (κ1) is 17.4. The molecule has 0 saturated heterocycles. The first-order valence-electron chi connectivity index (χ1n) is 6.37. The number of nitrogens with zero attached hydrogens (tertiary/aromatic N) is 4. The van der Waals surface area contributed by atoms with E-state index in [1.807, 2.05) is 6.92 Å². The summed E-state index contributed by atoms with van der Waals surface area (Å²) in [7, 11) is 1.40. The predicted octanol–water partition coefficient (Wildman–Crippen LogP) is 2.14. The van der Waals surface area contributed by atoms with Crippen molar-refractivity contribution in [3.63, 3.8) is 0 Å². The van der Waals surface area contributed by atoms with Crippen molar-refractivity contribution in [3.05, 3.63) is 27.7 Å². The number of thiocarbonyl (C=S) groups is 1. The van der Waals surface area contributed by atoms with Crippen LogP contribution in [0.15, 0.2) is 12.1 Å². The molecule has 23 heavy (non-hydrogen) atoms. The summed E-state index contributed by atoms with van der Waals surface area (Å²) in [6.07, 6.45) is 0. The molecule has 11 heteroatoms. The Morgan fingerprint density at radius 3 is 2.78 bits per heavy atom. The van der Waals surface area contributed by atoms with Gasteiger partial charge in [0.25, 0.3) is 11.9 Å². The first-order chi connectivity index (χ1) is 10.9. The van der Waals surface area contributed by atoms with E-state index < -0.39 is 5.91 Å². The minimum Gasteiger partial charge on any atom is -0.494 e. The summed E-state index contributed by atoms with van der Waals surface area (Å²) in [6, 6.07) is 2.90. The van der Waals surface area contributed by atoms with Crippen LogP contribution < -0.4 is 15.4 Å². The fourth-order valence-electron chi connectivity index (χ4n) is 1.67. The summed E-state index contributed by atoms with van der Waals surface area (Å²) >= 11 is 16.9. The Morgan fingerprint density at radius 2 is 2.17 bits per heavy atom. The van der Waals surface area contributed by atoms with Gasteiger partial charge in [-0.1, -0.05) is 28.3 Å². The second-order valence-corrected chi connectivity index (χ2v) is 5.43. The summed E-state index contributed by atoms with van der Waals surface area (Å²) in [5.41, 5.74) is 0.152. The highest BCUT2D eigenvalue weighted by Gasteiger charge is 2.18. The van der Waals surface area contributed by atoms with E-state index in [-0.39, 0.29) is 27.4 Å². The number of hydrogen-bond donors (Lipinski definition) is 2. The molecule has 0 radical (unpaired) electrons. The summed E-state index contributed by atoms with van der Waals surface area (Å²) < 4.78 is 5.12. The fourth-order valence-corrected chi connectivity index (χ4v) is 2.42. The maximum Gasteiger partial charge on any atom is 0.269 e. The maximum atomic E-state index is 12.3. The van der Waals surface area contributed by atoms with Gasteiger partial charge < -0.3 is 4.74 Å². The Balaban J connectivity index is 2.11. The Bertz CT molecular complexity index is 751. The minimum atomic E-state index is -0.536. The summed E-state index contributed by atoms with van der Waals surface area (Å²) in [5, 5.41) is 17.1. The van der Waals surface area contributed by atoms with Crippen molar-refractivity contribution in [2.75, 3.05) is 12.4 Å². The van der Waals surface area contributed by atoms with Gasteiger partial charge in [0, 0.05) is 5.02 Å². The standard InChI is InChI=1S/C12H12Cl2N6O2S/c1-3-20-18-11(17-19-20)16-12(23)15-10(21)7-4-6(13)5-8(14)9(7)22-2/h4-5H,3H2,1-2H3,(H2,15,16,18,21,23). The average Bonchev–Trinajstić information content (AvgIpc) is 2.93. The van der Waals surface area contributed by atoms with Crippen molar-refractivity contribution in [2.45, 2.75) is 13.5 Å². The maximum absolute atomic E-state index is 12.3. The van der Waals surface area contributed by atoms with Crippen molar-refractivity contribution >= 4 is 52.4 Å². The highest BCUT2D eigenvalue weighted by Crippen LogP contribution is 2.32. The Kier molecular flexibility index (Phi) is 5.69. The molecule has 2 N–H and O–H groups in total. The third-order valence-electron chi connectivity index (χ3n) is 2.65. The summed E-state index contributed by atoms with van der Waals surface area (Å²) in [4.78, 5) is 13.7. The van der Waals surface area contributed by atoms with E-state index in [9.17, 15) is 4.79 Å². The van der Waals surface area contributed by atoms with E-state index in [0.717, 1.165) is 0 Å². The number of anilines is 1. The molecule has 0 saturated carbocycles. The number of benzene rings is 1. The van der Waals surface area contributed by atoms with Crippen LogP contribution in [0.5, 0.6) is 5.75 Å². The second kappa shape index (κ2) is 7.53. The average molecular weight is 375 g/mol. The Labute approximate surface area is 147 Å². The lowest BCUT2D eigenvalue weighted by Crippen LogP contribution is -2.34. The molecule has 1 heterocycles. The van der Waals surface area contributed by atoms with Gasteiger partial charge in [-0.2, -0.15) is 4.80 Å². The van der Waals surface area contributed by atoms with E-state index in [1.165, 1.54) is 24.0 Å². The topological polar surface area (TPSA) is 94.0 Å². The van der Waals surface area contributed by atoms with Crippen molar-refractivity contribution in [1.82, 2.24) is 25.5 Å². The Morgan fingerprint density at radius 1 is 1.43 bits per heavy atom. The van der Waals surface area contributed by atoms with Gasteiger partial charge in [0.15, 0.2) is 5.11 Å². The zero-order valence-electron chi connectivity index (χ0n) is 12.1. The number of carbonyl (C=O) groups is 1. The number of hydrogen-bond acceptors (Lipinski definition) is 6. The Hall–Kier alpha value is -1.97. The van der Waals surface area contributed by atoms with Crippen LogP contribution in [0.25, 0.3) is 0 Å². The van der Waals surface area contributed by atoms with E-state index >= 15 is 0 Å². The molecule has 0 unspecified atom stereocenters. The van der Waals surface area contributed by atoms with Crippen LogP contribution in [0.1, 0.15) is 17.3 Å². The van der Waals surface area contributed by atoms with Gasteiger partial charge in [0.05, 0.1) is 24.2 Å². The molecule has 0 bridgehead atoms. The highest BCUT2D eigenvalue weighted by atomic mass is 35.5. The van der Waals surface area contributed by atoms with Gasteiger partial charge >= 0.3 is 0 Å². The third-order valence-corrected chi connectivity index (χ3v) is 3.35. The zero-order chi connectivity index (χ0) is 17.0. The van der Waals surface area contributed by atoms with Crippen molar-refractivity contribution in [2.24, 2.45) is 0 Å². The van der Waals surface area contributed by atoms with Crippen LogP contribution >= 0.6 is 35.4 Å². The SMILES string of the molecule is CCn1nnc(NC(=S)NC(=O)c2cc(Cl)cc(Cl)c2OC)n1. The molecule has 0 spiro atoms. The van der Waals surface area contributed by atoms with Crippen LogP contribution in [0.4, 0.5) is 5.95 Å². The number of carbonyl (C=O) groups excluding carboxylic acids is 1. The van der Waals surface area contributed by atoms with Gasteiger partial charge in [-0.15, -0.1) is 5.10 Å². The highest BCUT2D eigenvalue weighted by molar-refractivity contribution is 7.80. The molecular weight excluding hydrogens is 363 g/mol. The summed E-state index contributed by atoms with van der Waals surface area (Å²) in [5.74, 6) is -0.161. The van der Waals surface area contributed by atoms with Crippen LogP contribution in [0, 0.1) is 0 Å². The van der Waals surface area contributed by atoms with E-state index in [2.05, 4.69) is 26.0 Å². The third kappa shape index (κ3) is 4.27. The number of aromatic nitrogens is 4. The van der Waals surface area contributed by atoms with Gasteiger partial charge in [0.2, 0.25) is 0 Å². The molecule has 0 aliphatic heterocycles. The number of tetrazole rings is 1. The largest absolute Gasteiger partial charge is 0.494 e. The number of halogens is 2. The number of aryl methyl sites for hydroxylation is 1. The minimum absolute atomic E-state index is 0.00352. The number of rotatable bonds is 4. The quantitative estimate of drug-likeness (QED) is 0.791. The molecule has 0 aliphatic carbocycles. The van der Waals surface area contributed by atoms with Crippen LogP contribution in [0.2, 0.25) is 10.0 Å². The molecule has 0 aliphatic rings. The molecule has 2 aromatic rings.